The van der Waals surface area contributed by atoms with Gasteiger partial charge < -0.3 is 10.1 Å². The molecule has 0 amide bonds. The van der Waals surface area contributed by atoms with Gasteiger partial charge in [0.1, 0.15) is 16.4 Å². The summed E-state index contributed by atoms with van der Waals surface area (Å²) in [5.74, 6) is 1.63. The van der Waals surface area contributed by atoms with Crippen molar-refractivity contribution in [3.8, 4) is 5.75 Å². The second-order valence-corrected chi connectivity index (χ2v) is 7.36. The molecule has 1 aliphatic rings. The Balaban J connectivity index is 1.79. The van der Waals surface area contributed by atoms with Crippen LogP contribution in [0.1, 0.15) is 29.7 Å². The molecule has 2 heterocycles. The van der Waals surface area contributed by atoms with Crippen molar-refractivity contribution in [2.75, 3.05) is 12.4 Å². The maximum Gasteiger partial charge on any atom is 0.225 e. The molecule has 0 fully saturated rings. The maximum atomic E-state index is 6.16. The number of fused-ring (bicyclic) bond motifs is 3. The number of nitrogens with zero attached hydrogens (tertiary/aromatic N) is 2. The SMILES string of the molecule is COc1ccc(Nc2nc(Cl)nc3sc4c(c23)CCCCC4)cc1. The van der Waals surface area contributed by atoms with E-state index in [0.29, 0.717) is 0 Å². The molecule has 0 spiro atoms. The van der Waals surface area contributed by atoms with Gasteiger partial charge in [0, 0.05) is 10.6 Å². The van der Waals surface area contributed by atoms with Gasteiger partial charge in [-0.05, 0) is 67.1 Å². The van der Waals surface area contributed by atoms with E-state index in [1.807, 2.05) is 24.3 Å². The first-order valence-corrected chi connectivity index (χ1v) is 9.33. The molecule has 124 valence electrons. The fourth-order valence-corrected chi connectivity index (χ4v) is 4.69. The number of anilines is 2. The van der Waals surface area contributed by atoms with Crippen LogP contribution in [0.25, 0.3) is 10.2 Å². The minimum atomic E-state index is 0.287. The van der Waals surface area contributed by atoms with E-state index in [9.17, 15) is 0 Å². The predicted molar refractivity (Wildman–Crippen MR) is 100.0 cm³/mol. The van der Waals surface area contributed by atoms with Crippen molar-refractivity contribution < 1.29 is 4.74 Å². The summed E-state index contributed by atoms with van der Waals surface area (Å²) in [5.41, 5.74) is 2.36. The van der Waals surface area contributed by atoms with Crippen LogP contribution in [-0.4, -0.2) is 17.1 Å². The molecular weight excluding hydrogens is 342 g/mol. The summed E-state index contributed by atoms with van der Waals surface area (Å²) >= 11 is 7.92. The molecule has 4 rings (SSSR count). The fraction of sp³-hybridized carbons (Fsp3) is 0.333. The third kappa shape index (κ3) is 2.94. The van der Waals surface area contributed by atoms with Crippen LogP contribution in [0, 0.1) is 0 Å². The van der Waals surface area contributed by atoms with Crippen LogP contribution in [0.5, 0.6) is 5.75 Å². The topological polar surface area (TPSA) is 47.0 Å². The molecule has 0 saturated heterocycles. The molecule has 1 aliphatic carbocycles. The van der Waals surface area contributed by atoms with Crippen LogP contribution in [0.2, 0.25) is 5.28 Å². The van der Waals surface area contributed by atoms with Crippen molar-refractivity contribution in [2.24, 2.45) is 0 Å². The third-order valence-electron chi connectivity index (χ3n) is 4.39. The third-order valence-corrected chi connectivity index (χ3v) is 5.74. The largest absolute Gasteiger partial charge is 0.497 e. The number of ether oxygens (including phenoxy) is 1. The van der Waals surface area contributed by atoms with E-state index in [1.54, 1.807) is 18.4 Å². The number of aromatic nitrogens is 2. The number of aryl methyl sites for hydroxylation is 2. The highest BCUT2D eigenvalue weighted by atomic mass is 35.5. The lowest BCUT2D eigenvalue weighted by Crippen LogP contribution is -1.98. The second kappa shape index (κ2) is 6.57. The first-order valence-electron chi connectivity index (χ1n) is 8.13. The number of hydrogen-bond donors (Lipinski definition) is 1. The monoisotopic (exact) mass is 359 g/mol. The number of thiophene rings is 1. The normalized spacial score (nSPS) is 14.2. The standard InChI is InChI=1S/C18H18ClN3OS/c1-23-12-9-7-11(8-10-12)20-16-15-13-5-3-2-4-6-14(13)24-17(15)22-18(19)21-16/h7-10H,2-6H2,1H3,(H,20,21,22). The number of benzene rings is 1. The molecule has 1 N–H and O–H groups in total. The lowest BCUT2D eigenvalue weighted by Gasteiger charge is -2.09. The summed E-state index contributed by atoms with van der Waals surface area (Å²) in [4.78, 5) is 11.3. The van der Waals surface area contributed by atoms with E-state index >= 15 is 0 Å². The highest BCUT2D eigenvalue weighted by Gasteiger charge is 2.20. The molecule has 4 nitrogen and oxygen atoms in total. The predicted octanol–water partition coefficient (Wildman–Crippen LogP) is 5.37. The van der Waals surface area contributed by atoms with Gasteiger partial charge >= 0.3 is 0 Å². The Kier molecular flexibility index (Phi) is 4.29. The van der Waals surface area contributed by atoms with E-state index < -0.39 is 0 Å². The summed E-state index contributed by atoms with van der Waals surface area (Å²) < 4.78 is 5.21. The van der Waals surface area contributed by atoms with Crippen LogP contribution < -0.4 is 10.1 Å². The van der Waals surface area contributed by atoms with Gasteiger partial charge in [0.05, 0.1) is 12.5 Å². The Bertz CT molecular complexity index is 876. The van der Waals surface area contributed by atoms with Crippen molar-refractivity contribution in [1.82, 2.24) is 9.97 Å². The number of nitrogens with one attached hydrogen (secondary N) is 1. The Morgan fingerprint density at radius 1 is 1.08 bits per heavy atom. The van der Waals surface area contributed by atoms with Gasteiger partial charge in [-0.15, -0.1) is 11.3 Å². The summed E-state index contributed by atoms with van der Waals surface area (Å²) in [7, 11) is 1.66. The van der Waals surface area contributed by atoms with Gasteiger partial charge in [0.25, 0.3) is 0 Å². The smallest absolute Gasteiger partial charge is 0.225 e. The van der Waals surface area contributed by atoms with E-state index in [-0.39, 0.29) is 5.28 Å². The molecule has 0 saturated carbocycles. The van der Waals surface area contributed by atoms with Crippen molar-refractivity contribution in [3.63, 3.8) is 0 Å². The lowest BCUT2D eigenvalue weighted by atomic mass is 10.1. The number of methoxy groups -OCH3 is 1. The summed E-state index contributed by atoms with van der Waals surface area (Å²) in [5, 5.41) is 4.83. The highest BCUT2D eigenvalue weighted by Crippen LogP contribution is 2.39. The number of rotatable bonds is 3. The Labute approximate surface area is 149 Å². The molecule has 2 aromatic heterocycles. The average molecular weight is 360 g/mol. The zero-order valence-corrected chi connectivity index (χ0v) is 15.0. The molecule has 0 atom stereocenters. The van der Waals surface area contributed by atoms with Crippen molar-refractivity contribution in [2.45, 2.75) is 32.1 Å². The van der Waals surface area contributed by atoms with Crippen molar-refractivity contribution in [1.29, 1.82) is 0 Å². The minimum absolute atomic E-state index is 0.287. The molecule has 0 aliphatic heterocycles. The van der Waals surface area contributed by atoms with Crippen LogP contribution in [-0.2, 0) is 12.8 Å². The second-order valence-electron chi connectivity index (χ2n) is 5.94. The Morgan fingerprint density at radius 2 is 1.88 bits per heavy atom. The van der Waals surface area contributed by atoms with Gasteiger partial charge in [0.15, 0.2) is 0 Å². The van der Waals surface area contributed by atoms with E-state index in [4.69, 9.17) is 16.3 Å². The first kappa shape index (κ1) is 15.7. The molecule has 24 heavy (non-hydrogen) atoms. The molecule has 3 aromatic rings. The molecule has 0 unspecified atom stereocenters. The quantitative estimate of drug-likeness (QED) is 0.504. The summed E-state index contributed by atoms with van der Waals surface area (Å²) in [6.07, 6.45) is 6.00. The summed E-state index contributed by atoms with van der Waals surface area (Å²) in [6, 6.07) is 7.81. The first-order chi connectivity index (χ1) is 11.7. The van der Waals surface area contributed by atoms with Gasteiger partial charge in [-0.25, -0.2) is 4.98 Å². The average Bonchev–Trinajstić information content (AvgIpc) is 2.77. The molecule has 0 bridgehead atoms. The zero-order valence-electron chi connectivity index (χ0n) is 13.4. The highest BCUT2D eigenvalue weighted by molar-refractivity contribution is 7.19. The van der Waals surface area contributed by atoms with Gasteiger partial charge in [-0.3, -0.25) is 0 Å². The van der Waals surface area contributed by atoms with Crippen LogP contribution in [0.4, 0.5) is 11.5 Å². The van der Waals surface area contributed by atoms with E-state index in [1.165, 1.54) is 29.7 Å². The van der Waals surface area contributed by atoms with Crippen molar-refractivity contribution >= 4 is 44.7 Å². The van der Waals surface area contributed by atoms with Crippen LogP contribution in [0.3, 0.4) is 0 Å². The number of halogens is 1. The zero-order chi connectivity index (χ0) is 16.5. The van der Waals surface area contributed by atoms with Crippen LogP contribution >= 0.6 is 22.9 Å². The van der Waals surface area contributed by atoms with E-state index in [0.717, 1.165) is 40.3 Å². The Morgan fingerprint density at radius 3 is 2.67 bits per heavy atom. The van der Waals surface area contributed by atoms with Crippen LogP contribution in [0.15, 0.2) is 24.3 Å². The fourth-order valence-electron chi connectivity index (χ4n) is 3.21. The van der Waals surface area contributed by atoms with Gasteiger partial charge in [-0.2, -0.15) is 4.98 Å². The van der Waals surface area contributed by atoms with Gasteiger partial charge in [-0.1, -0.05) is 6.42 Å². The number of hydrogen-bond acceptors (Lipinski definition) is 5. The van der Waals surface area contributed by atoms with Crippen molar-refractivity contribution in [3.05, 3.63) is 40.0 Å². The van der Waals surface area contributed by atoms with E-state index in [2.05, 4.69) is 15.3 Å². The molecule has 1 aromatic carbocycles. The van der Waals surface area contributed by atoms with Gasteiger partial charge in [0.2, 0.25) is 5.28 Å². The summed E-state index contributed by atoms with van der Waals surface area (Å²) in [6.45, 7) is 0. The minimum Gasteiger partial charge on any atom is -0.497 e. The lowest BCUT2D eigenvalue weighted by molar-refractivity contribution is 0.415. The molecule has 6 heteroatoms. The maximum absolute atomic E-state index is 6.16. The molecular formula is C18H18ClN3OS. The Hall–Kier alpha value is -1.85. The molecule has 0 radical (unpaired) electrons.